The normalized spacial score (nSPS) is 19.0. The van der Waals surface area contributed by atoms with Gasteiger partial charge in [0.25, 0.3) is 0 Å². The third kappa shape index (κ3) is 4.81. The molecule has 180 valence electrons. The number of nitrogens with two attached hydrogens (primary N) is 1. The molecule has 1 saturated carbocycles. The van der Waals surface area contributed by atoms with E-state index in [1.807, 2.05) is 13.1 Å². The van der Waals surface area contributed by atoms with Gasteiger partial charge in [-0.1, -0.05) is 30.3 Å². The van der Waals surface area contributed by atoms with E-state index in [4.69, 9.17) is 5.73 Å². The Labute approximate surface area is 200 Å². The van der Waals surface area contributed by atoms with E-state index in [2.05, 4.69) is 19.9 Å². The van der Waals surface area contributed by atoms with Crippen molar-refractivity contribution >= 4 is 17.8 Å². The second kappa shape index (κ2) is 9.22. The highest BCUT2D eigenvalue weighted by Gasteiger charge is 2.35. The second-order valence-electron chi connectivity index (χ2n) is 8.99. The molecular formula is C26H25F3N6. The number of hydrogen-bond donors (Lipinski definition) is 1. The number of imidazole rings is 1. The molecule has 1 aromatic carbocycles. The number of rotatable bonds is 4. The molecule has 3 heterocycles. The number of aryl methyl sites for hydroxylation is 1. The van der Waals surface area contributed by atoms with Gasteiger partial charge in [0.1, 0.15) is 5.65 Å². The Hall–Kier alpha value is -3.59. The van der Waals surface area contributed by atoms with Crippen molar-refractivity contribution in [3.8, 4) is 22.5 Å². The number of hydrogen-bond acceptors (Lipinski definition) is 5. The molecule has 35 heavy (non-hydrogen) atoms. The van der Waals surface area contributed by atoms with Gasteiger partial charge in [0.15, 0.2) is 0 Å². The standard InChI is InChI=1S/C26H25F3N6/c1-16-12-32-25(33-13-17-7-9-19(30)10-8-17)34-24(16)22-14-31-23-11-21(26(27,28)29)20(15-35(22)23)18-5-3-2-4-6-18/h2-6,11-15,17,19H,7-10,30H2,1H3. The van der Waals surface area contributed by atoms with Gasteiger partial charge in [-0.05, 0) is 55.7 Å². The highest BCUT2D eigenvalue weighted by molar-refractivity contribution is 5.73. The number of benzene rings is 1. The average Bonchev–Trinajstić information content (AvgIpc) is 3.27. The summed E-state index contributed by atoms with van der Waals surface area (Å²) in [6.45, 7) is 1.85. The Kier molecular flexibility index (Phi) is 6.10. The Bertz CT molecular complexity index is 1370. The zero-order chi connectivity index (χ0) is 24.6. The lowest BCUT2D eigenvalue weighted by Gasteiger charge is -2.22. The Balaban J connectivity index is 1.57. The predicted molar refractivity (Wildman–Crippen MR) is 129 cm³/mol. The van der Waals surface area contributed by atoms with Crippen molar-refractivity contribution in [2.75, 3.05) is 0 Å². The third-order valence-corrected chi connectivity index (χ3v) is 6.46. The van der Waals surface area contributed by atoms with Crippen LogP contribution in [0.3, 0.4) is 0 Å². The van der Waals surface area contributed by atoms with E-state index in [-0.39, 0.29) is 17.3 Å². The van der Waals surface area contributed by atoms with Crippen LogP contribution >= 0.6 is 0 Å². The number of alkyl halides is 3. The largest absolute Gasteiger partial charge is 0.417 e. The summed E-state index contributed by atoms with van der Waals surface area (Å²) in [5, 5.41) is 0. The van der Waals surface area contributed by atoms with Gasteiger partial charge in [-0.15, -0.1) is 0 Å². The molecule has 5 rings (SSSR count). The molecule has 2 N–H and O–H groups in total. The molecule has 0 radical (unpaired) electrons. The fourth-order valence-electron chi connectivity index (χ4n) is 4.50. The summed E-state index contributed by atoms with van der Waals surface area (Å²) in [6.07, 6.45) is 5.98. The van der Waals surface area contributed by atoms with Crippen molar-refractivity contribution in [2.45, 2.75) is 44.8 Å². The van der Waals surface area contributed by atoms with Gasteiger partial charge in [-0.2, -0.15) is 13.2 Å². The Morgan fingerprint density at radius 1 is 1.06 bits per heavy atom. The van der Waals surface area contributed by atoms with Crippen LogP contribution in [0, 0.1) is 12.8 Å². The molecule has 0 bridgehead atoms. The van der Waals surface area contributed by atoms with Gasteiger partial charge in [-0.3, -0.25) is 4.40 Å². The third-order valence-electron chi connectivity index (χ3n) is 6.46. The van der Waals surface area contributed by atoms with Crippen molar-refractivity contribution in [2.24, 2.45) is 16.6 Å². The highest BCUT2D eigenvalue weighted by atomic mass is 19.4. The summed E-state index contributed by atoms with van der Waals surface area (Å²) < 4.78 is 43.3. The van der Waals surface area contributed by atoms with Gasteiger partial charge < -0.3 is 5.73 Å². The maximum absolute atomic E-state index is 13.9. The van der Waals surface area contributed by atoms with Crippen molar-refractivity contribution in [1.29, 1.82) is 0 Å². The monoisotopic (exact) mass is 478 g/mol. The minimum absolute atomic E-state index is 0.0744. The van der Waals surface area contributed by atoms with E-state index in [1.54, 1.807) is 40.9 Å². The van der Waals surface area contributed by atoms with E-state index >= 15 is 0 Å². The molecule has 4 aromatic rings. The number of halogens is 3. The van der Waals surface area contributed by atoms with Crippen LogP contribution in [0.4, 0.5) is 19.1 Å². The minimum atomic E-state index is -4.52. The van der Waals surface area contributed by atoms with Crippen LogP contribution in [0.1, 0.15) is 36.8 Å². The fourth-order valence-corrected chi connectivity index (χ4v) is 4.50. The van der Waals surface area contributed by atoms with Crippen LogP contribution in [-0.2, 0) is 6.18 Å². The van der Waals surface area contributed by atoms with Crippen LogP contribution in [0.15, 0.2) is 60.0 Å². The Morgan fingerprint density at radius 2 is 1.80 bits per heavy atom. The van der Waals surface area contributed by atoms with E-state index in [0.29, 0.717) is 28.8 Å². The molecule has 1 aliphatic rings. The van der Waals surface area contributed by atoms with E-state index < -0.39 is 11.7 Å². The molecular weight excluding hydrogens is 453 g/mol. The number of nitrogens with zero attached hydrogens (tertiary/aromatic N) is 5. The zero-order valence-electron chi connectivity index (χ0n) is 19.2. The van der Waals surface area contributed by atoms with Crippen LogP contribution in [0.2, 0.25) is 0 Å². The molecule has 0 saturated heterocycles. The quantitative estimate of drug-likeness (QED) is 0.365. The van der Waals surface area contributed by atoms with Crippen LogP contribution in [0.5, 0.6) is 0 Å². The molecule has 0 spiro atoms. The van der Waals surface area contributed by atoms with Crippen molar-refractivity contribution < 1.29 is 13.2 Å². The van der Waals surface area contributed by atoms with Gasteiger partial charge in [0.2, 0.25) is 5.95 Å². The number of pyridine rings is 1. The molecule has 1 fully saturated rings. The maximum Gasteiger partial charge on any atom is 0.417 e. The number of aromatic nitrogens is 4. The van der Waals surface area contributed by atoms with Gasteiger partial charge in [0.05, 0.1) is 23.1 Å². The van der Waals surface area contributed by atoms with Crippen molar-refractivity contribution in [3.05, 3.63) is 66.1 Å². The fraction of sp³-hybridized carbons (Fsp3) is 0.308. The van der Waals surface area contributed by atoms with Gasteiger partial charge >= 0.3 is 6.18 Å². The SMILES string of the molecule is Cc1cnc(N=CC2CCC(N)CC2)nc1-c1cnc2cc(C(F)(F)F)c(-c3ccccc3)cn12. The lowest BCUT2D eigenvalue weighted by Crippen LogP contribution is -2.26. The first-order chi connectivity index (χ1) is 16.8. The van der Waals surface area contributed by atoms with Crippen LogP contribution in [-0.4, -0.2) is 31.6 Å². The summed E-state index contributed by atoms with van der Waals surface area (Å²) >= 11 is 0. The van der Waals surface area contributed by atoms with E-state index in [9.17, 15) is 13.2 Å². The van der Waals surface area contributed by atoms with E-state index in [1.165, 1.54) is 12.4 Å². The van der Waals surface area contributed by atoms with Crippen molar-refractivity contribution in [1.82, 2.24) is 19.4 Å². The maximum atomic E-state index is 13.9. The van der Waals surface area contributed by atoms with Gasteiger partial charge in [0, 0.05) is 30.2 Å². The second-order valence-corrected chi connectivity index (χ2v) is 8.99. The van der Waals surface area contributed by atoms with Crippen LogP contribution < -0.4 is 5.73 Å². The molecule has 6 nitrogen and oxygen atoms in total. The van der Waals surface area contributed by atoms with Gasteiger partial charge in [-0.25, -0.2) is 19.9 Å². The molecule has 9 heteroatoms. The lowest BCUT2D eigenvalue weighted by molar-refractivity contribution is -0.137. The average molecular weight is 479 g/mol. The first-order valence-corrected chi connectivity index (χ1v) is 11.6. The first-order valence-electron chi connectivity index (χ1n) is 11.6. The molecule has 0 unspecified atom stereocenters. The lowest BCUT2D eigenvalue weighted by atomic mass is 9.87. The Morgan fingerprint density at radius 3 is 2.51 bits per heavy atom. The molecule has 3 aromatic heterocycles. The summed E-state index contributed by atoms with van der Waals surface area (Å²) in [5.74, 6) is 0.652. The molecule has 1 aliphatic carbocycles. The molecule has 0 aliphatic heterocycles. The summed E-state index contributed by atoms with van der Waals surface area (Å²) in [6, 6.07) is 9.86. The zero-order valence-corrected chi connectivity index (χ0v) is 19.2. The first kappa shape index (κ1) is 23.2. The van der Waals surface area contributed by atoms with Crippen molar-refractivity contribution in [3.63, 3.8) is 0 Å². The van der Waals surface area contributed by atoms with Crippen LogP contribution in [0.25, 0.3) is 28.2 Å². The summed E-state index contributed by atoms with van der Waals surface area (Å²) in [4.78, 5) is 17.7. The van der Waals surface area contributed by atoms with E-state index in [0.717, 1.165) is 37.3 Å². The topological polar surface area (TPSA) is 81.5 Å². The highest BCUT2D eigenvalue weighted by Crippen LogP contribution is 2.38. The number of aliphatic imine (C=N–C) groups is 1. The predicted octanol–water partition coefficient (Wildman–Crippen LogP) is 6.01. The summed E-state index contributed by atoms with van der Waals surface area (Å²) in [5.41, 5.74) is 7.91. The molecule has 0 atom stereocenters. The minimum Gasteiger partial charge on any atom is -0.328 e. The number of fused-ring (bicyclic) bond motifs is 1. The summed E-state index contributed by atoms with van der Waals surface area (Å²) in [7, 11) is 0. The smallest absolute Gasteiger partial charge is 0.328 e. The molecule has 0 amide bonds.